The van der Waals surface area contributed by atoms with Crippen LogP contribution in [0.3, 0.4) is 0 Å². The van der Waals surface area contributed by atoms with Gasteiger partial charge < -0.3 is 21.4 Å². The Morgan fingerprint density at radius 2 is 2.32 bits per heavy atom. The van der Waals surface area contributed by atoms with E-state index < -0.39 is 0 Å². The first kappa shape index (κ1) is 12.9. The predicted octanol–water partition coefficient (Wildman–Crippen LogP) is 1.01. The van der Waals surface area contributed by atoms with Crippen LogP contribution in [0.25, 0.3) is 0 Å². The van der Waals surface area contributed by atoms with Crippen LogP contribution in [0.15, 0.2) is 30.7 Å². The van der Waals surface area contributed by atoms with Crippen LogP contribution in [-0.4, -0.2) is 29.5 Å². The van der Waals surface area contributed by atoms with E-state index in [2.05, 4.69) is 20.6 Å². The first-order valence-electron chi connectivity index (χ1n) is 6.03. The van der Waals surface area contributed by atoms with Crippen molar-refractivity contribution in [2.45, 2.75) is 6.42 Å². The van der Waals surface area contributed by atoms with E-state index in [-0.39, 0.29) is 5.91 Å². The molecule has 19 heavy (non-hydrogen) atoms. The van der Waals surface area contributed by atoms with Gasteiger partial charge in [-0.15, -0.1) is 0 Å². The van der Waals surface area contributed by atoms with Gasteiger partial charge in [0.2, 0.25) is 0 Å². The molecule has 6 heteroatoms. The minimum Gasteiger partial charge on any atom is -0.397 e. The first-order valence-corrected chi connectivity index (χ1v) is 6.03. The topological polar surface area (TPSA) is 95.8 Å². The van der Waals surface area contributed by atoms with Crippen molar-refractivity contribution in [3.63, 3.8) is 0 Å². The van der Waals surface area contributed by atoms with Crippen LogP contribution in [0, 0.1) is 0 Å². The third-order valence-electron chi connectivity index (χ3n) is 2.81. The lowest BCUT2D eigenvalue weighted by molar-refractivity contribution is 0.0963. The number of hydrogen-bond donors (Lipinski definition) is 4. The molecule has 1 aromatic heterocycles. The summed E-state index contributed by atoms with van der Waals surface area (Å²) in [7, 11) is 1.60. The third-order valence-corrected chi connectivity index (χ3v) is 2.81. The Morgan fingerprint density at radius 3 is 3.00 bits per heavy atom. The Balaban J connectivity index is 2.00. The molecule has 0 radical (unpaired) electrons. The van der Waals surface area contributed by atoms with Crippen molar-refractivity contribution in [2.75, 3.05) is 24.6 Å². The minimum absolute atomic E-state index is 0.128. The summed E-state index contributed by atoms with van der Waals surface area (Å²) >= 11 is 0. The molecule has 6 nitrogen and oxygen atoms in total. The van der Waals surface area contributed by atoms with Crippen molar-refractivity contribution < 1.29 is 4.79 Å². The number of nitrogens with two attached hydrogens (primary N) is 1. The summed E-state index contributed by atoms with van der Waals surface area (Å²) in [5, 5.41) is 5.80. The maximum atomic E-state index is 11.5. The lowest BCUT2D eigenvalue weighted by Crippen LogP contribution is -2.18. The number of H-pyrrole nitrogens is 1. The van der Waals surface area contributed by atoms with Gasteiger partial charge in [-0.25, -0.2) is 4.98 Å². The lowest BCUT2D eigenvalue weighted by Gasteiger charge is -2.10. The molecule has 1 heterocycles. The number of amides is 1. The van der Waals surface area contributed by atoms with Gasteiger partial charge in [0, 0.05) is 37.5 Å². The Hall–Kier alpha value is -2.50. The van der Waals surface area contributed by atoms with Crippen molar-refractivity contribution in [1.29, 1.82) is 0 Å². The Kier molecular flexibility index (Phi) is 4.02. The molecule has 0 aliphatic rings. The summed E-state index contributed by atoms with van der Waals surface area (Å²) in [6.45, 7) is 0.712. The number of hydrogen-bond acceptors (Lipinski definition) is 4. The van der Waals surface area contributed by atoms with E-state index in [0.29, 0.717) is 17.8 Å². The second kappa shape index (κ2) is 5.90. The molecule has 1 aromatic carbocycles. The zero-order chi connectivity index (χ0) is 13.7. The van der Waals surface area contributed by atoms with Crippen LogP contribution in [0.2, 0.25) is 0 Å². The molecule has 1 amide bonds. The zero-order valence-electron chi connectivity index (χ0n) is 10.7. The average Bonchev–Trinajstić information content (AvgIpc) is 2.93. The normalized spacial score (nSPS) is 10.2. The zero-order valence-corrected chi connectivity index (χ0v) is 10.7. The number of imidazole rings is 1. The summed E-state index contributed by atoms with van der Waals surface area (Å²) in [6.07, 6.45) is 4.24. The number of nitrogens with one attached hydrogen (secondary N) is 3. The van der Waals surface area contributed by atoms with E-state index in [9.17, 15) is 4.79 Å². The number of anilines is 2. The number of nitrogens with zero attached hydrogens (tertiary/aromatic N) is 1. The lowest BCUT2D eigenvalue weighted by atomic mass is 10.1. The number of aromatic nitrogens is 2. The summed E-state index contributed by atoms with van der Waals surface area (Å²) < 4.78 is 0. The van der Waals surface area contributed by atoms with Gasteiger partial charge in [-0.05, 0) is 18.2 Å². The van der Waals surface area contributed by atoms with E-state index in [1.807, 2.05) is 0 Å². The molecule has 5 N–H and O–H groups in total. The van der Waals surface area contributed by atoms with Crippen LogP contribution in [0.4, 0.5) is 11.4 Å². The van der Waals surface area contributed by atoms with Gasteiger partial charge in [0.1, 0.15) is 0 Å². The molecule has 0 aliphatic carbocycles. The molecular formula is C13H17N5O. The van der Waals surface area contributed by atoms with Gasteiger partial charge in [0.15, 0.2) is 0 Å². The predicted molar refractivity (Wildman–Crippen MR) is 75.0 cm³/mol. The molecular weight excluding hydrogens is 242 g/mol. The van der Waals surface area contributed by atoms with Crippen LogP contribution in [0.5, 0.6) is 0 Å². The van der Waals surface area contributed by atoms with Crippen LogP contribution >= 0.6 is 0 Å². The van der Waals surface area contributed by atoms with Crippen LogP contribution in [0.1, 0.15) is 16.1 Å². The molecule has 0 fully saturated rings. The maximum absolute atomic E-state index is 11.5. The van der Waals surface area contributed by atoms with Gasteiger partial charge in [0.05, 0.1) is 17.7 Å². The molecule has 0 unspecified atom stereocenters. The summed E-state index contributed by atoms with van der Waals surface area (Å²) in [5.41, 5.74) is 8.90. The molecule has 0 aliphatic heterocycles. The van der Waals surface area contributed by atoms with E-state index in [1.165, 1.54) is 0 Å². The largest absolute Gasteiger partial charge is 0.397 e. The standard InChI is InChI=1S/C13H17N5O/c1-15-13(19)9-2-3-11(14)12(6-9)17-5-4-10-7-16-8-18-10/h2-3,6-8,17H,4-5,14H2,1H3,(H,15,19)(H,16,18). The molecule has 0 saturated heterocycles. The molecule has 100 valence electrons. The Bertz CT molecular complexity index is 550. The van der Waals surface area contributed by atoms with Crippen molar-refractivity contribution in [3.05, 3.63) is 42.0 Å². The molecule has 0 saturated carbocycles. The highest BCUT2D eigenvalue weighted by Gasteiger charge is 2.06. The first-order chi connectivity index (χ1) is 9.20. The highest BCUT2D eigenvalue weighted by Crippen LogP contribution is 2.19. The third kappa shape index (κ3) is 3.25. The molecule has 0 bridgehead atoms. The number of nitrogen functional groups attached to an aromatic ring is 1. The fourth-order valence-electron chi connectivity index (χ4n) is 1.75. The highest BCUT2D eigenvalue weighted by molar-refractivity contribution is 5.96. The van der Waals surface area contributed by atoms with Crippen molar-refractivity contribution in [1.82, 2.24) is 15.3 Å². The maximum Gasteiger partial charge on any atom is 0.251 e. The summed E-state index contributed by atoms with van der Waals surface area (Å²) in [5.74, 6) is -0.128. The quantitative estimate of drug-likeness (QED) is 0.602. The van der Waals surface area contributed by atoms with E-state index >= 15 is 0 Å². The SMILES string of the molecule is CNC(=O)c1ccc(N)c(NCCc2cnc[nH]2)c1. The van der Waals surface area contributed by atoms with Gasteiger partial charge in [-0.1, -0.05) is 0 Å². The highest BCUT2D eigenvalue weighted by atomic mass is 16.1. The van der Waals surface area contributed by atoms with Crippen LogP contribution < -0.4 is 16.4 Å². The number of aromatic amines is 1. The van der Waals surface area contributed by atoms with Gasteiger partial charge in [0.25, 0.3) is 5.91 Å². The van der Waals surface area contributed by atoms with E-state index in [0.717, 1.165) is 17.8 Å². The molecule has 2 rings (SSSR count). The fourth-order valence-corrected chi connectivity index (χ4v) is 1.75. The summed E-state index contributed by atoms with van der Waals surface area (Å²) in [6, 6.07) is 5.18. The fraction of sp³-hybridized carbons (Fsp3) is 0.231. The second-order valence-electron chi connectivity index (χ2n) is 4.13. The Morgan fingerprint density at radius 1 is 1.47 bits per heavy atom. The summed E-state index contributed by atoms with van der Waals surface area (Å²) in [4.78, 5) is 18.5. The van der Waals surface area contributed by atoms with Gasteiger partial charge >= 0.3 is 0 Å². The van der Waals surface area contributed by atoms with Gasteiger partial charge in [-0.2, -0.15) is 0 Å². The number of benzene rings is 1. The second-order valence-corrected chi connectivity index (χ2v) is 4.13. The van der Waals surface area contributed by atoms with Crippen molar-refractivity contribution >= 4 is 17.3 Å². The molecule has 0 spiro atoms. The Labute approximate surface area is 111 Å². The number of carbonyl (C=O) groups excluding carboxylic acids is 1. The monoisotopic (exact) mass is 259 g/mol. The number of rotatable bonds is 5. The van der Waals surface area contributed by atoms with E-state index in [4.69, 9.17) is 5.73 Å². The van der Waals surface area contributed by atoms with E-state index in [1.54, 1.807) is 37.8 Å². The average molecular weight is 259 g/mol. The van der Waals surface area contributed by atoms with Crippen molar-refractivity contribution in [3.8, 4) is 0 Å². The molecule has 2 aromatic rings. The smallest absolute Gasteiger partial charge is 0.251 e. The van der Waals surface area contributed by atoms with Gasteiger partial charge in [-0.3, -0.25) is 4.79 Å². The molecule has 0 atom stereocenters. The number of carbonyl (C=O) groups is 1. The van der Waals surface area contributed by atoms with Crippen LogP contribution in [-0.2, 0) is 6.42 Å². The minimum atomic E-state index is -0.128. The van der Waals surface area contributed by atoms with Crippen molar-refractivity contribution in [2.24, 2.45) is 0 Å².